The summed E-state index contributed by atoms with van der Waals surface area (Å²) in [5.74, 6) is -8.85. The number of methoxy groups -OCH3 is 3. The molecular weight excluding hydrogens is 913 g/mol. The molecule has 0 aromatic heterocycles. The van der Waals surface area contributed by atoms with E-state index in [4.69, 9.17) is 28.4 Å². The summed E-state index contributed by atoms with van der Waals surface area (Å²) in [5, 5.41) is 22.6. The fourth-order valence-corrected chi connectivity index (χ4v) is 10.7. The number of ether oxygens (including phenoxy) is 6. The van der Waals surface area contributed by atoms with E-state index in [1.807, 2.05) is 58.1 Å². The third-order valence-electron chi connectivity index (χ3n) is 15.2. The zero-order valence-electron chi connectivity index (χ0n) is 44.6. The highest BCUT2D eigenvalue weighted by atomic mass is 16.6. The van der Waals surface area contributed by atoms with Crippen molar-refractivity contribution < 1.29 is 67.4 Å². The second-order valence-electron chi connectivity index (χ2n) is 21.3. The highest BCUT2D eigenvalue weighted by Crippen LogP contribution is 2.38. The van der Waals surface area contributed by atoms with Gasteiger partial charge < -0.3 is 43.5 Å². The number of Topliss-reactive ketones (excluding diaryl/α,β-unsaturated/α-hetero) is 3. The minimum atomic E-state index is -2.45. The Labute approximate surface area is 422 Å². The predicted molar refractivity (Wildman–Crippen MR) is 268 cm³/mol. The molecule has 3 fully saturated rings. The number of aliphatic hydroxyl groups excluding tert-OH is 1. The standard InChI is InChI=1S/C55H86N2O14/c1-33-18-14-13-15-19-34(2)45(66-10)30-41-23-21-39(7)55(65,71-41)52(62)53(63)57-25-17-16-20-42(57)54(64)69-46(36(4)28-40-22-24-43(58)47(29-40)67-11)31-44(59)35(3)27-38(6)50(70-48(60)32-56(8)9)51(68-12)49(61)37(5)26-33/h13-15,18-19,27,33,35-37,39-43,45-47,50-51,58,65H,16-17,20-26,28-32H2,1-12H3/b15-13-,18-14-,34-19-,38-27?. The lowest BCUT2D eigenvalue weighted by atomic mass is 9.78. The molecule has 3 heterocycles. The van der Waals surface area contributed by atoms with E-state index in [0.717, 1.165) is 5.57 Å². The third-order valence-corrected chi connectivity index (χ3v) is 15.2. The number of fused-ring (bicyclic) bond motifs is 3. The van der Waals surface area contributed by atoms with Gasteiger partial charge in [-0.1, -0.05) is 71.1 Å². The lowest BCUT2D eigenvalue weighted by Crippen LogP contribution is -2.61. The summed E-state index contributed by atoms with van der Waals surface area (Å²) in [6.45, 7) is 12.7. The fraction of sp³-hybridized carbons (Fsp3) is 0.745. The average Bonchev–Trinajstić information content (AvgIpc) is 3.32. The number of cyclic esters (lactones) is 1. The van der Waals surface area contributed by atoms with Crippen molar-refractivity contribution in [1.29, 1.82) is 0 Å². The van der Waals surface area contributed by atoms with Gasteiger partial charge in [-0.2, -0.15) is 0 Å². The van der Waals surface area contributed by atoms with Crippen LogP contribution in [0.2, 0.25) is 0 Å². The lowest BCUT2D eigenvalue weighted by molar-refractivity contribution is -0.265. The highest BCUT2D eigenvalue weighted by molar-refractivity contribution is 6.39. The maximum absolute atomic E-state index is 14.5. The first kappa shape index (κ1) is 59.7. The van der Waals surface area contributed by atoms with Crippen LogP contribution in [-0.4, -0.2) is 158 Å². The van der Waals surface area contributed by atoms with Gasteiger partial charge in [-0.25, -0.2) is 4.79 Å². The number of hydrogen-bond donors (Lipinski definition) is 2. The first-order valence-electron chi connectivity index (χ1n) is 25.9. The van der Waals surface area contributed by atoms with Gasteiger partial charge >= 0.3 is 11.9 Å². The Kier molecular flexibility index (Phi) is 23.5. The Morgan fingerprint density at radius 1 is 0.873 bits per heavy atom. The summed E-state index contributed by atoms with van der Waals surface area (Å²) in [5.41, 5.74) is 1.30. The Balaban J connectivity index is 1.77. The maximum atomic E-state index is 14.5. The quantitative estimate of drug-likeness (QED) is 0.148. The number of ketones is 3. The Bertz CT molecular complexity index is 1950. The molecule has 2 N–H and O–H groups in total. The largest absolute Gasteiger partial charge is 0.460 e. The molecule has 4 rings (SSSR count). The molecule has 16 heteroatoms. The third kappa shape index (κ3) is 16.6. The summed E-state index contributed by atoms with van der Waals surface area (Å²) in [6, 6.07) is -1.17. The first-order valence-corrected chi connectivity index (χ1v) is 25.9. The van der Waals surface area contributed by atoms with Crippen molar-refractivity contribution in [3.8, 4) is 0 Å². The molecule has 4 aliphatic rings. The first-order chi connectivity index (χ1) is 33.5. The second-order valence-corrected chi connectivity index (χ2v) is 21.3. The average molecular weight is 999 g/mol. The molecule has 2 saturated heterocycles. The molecule has 1 saturated carbocycles. The van der Waals surface area contributed by atoms with Crippen molar-refractivity contribution in [3.05, 3.63) is 47.6 Å². The van der Waals surface area contributed by atoms with E-state index < -0.39 is 89.8 Å². The van der Waals surface area contributed by atoms with Crippen LogP contribution in [-0.2, 0) is 57.2 Å². The van der Waals surface area contributed by atoms with E-state index >= 15 is 0 Å². The fourth-order valence-electron chi connectivity index (χ4n) is 10.7. The lowest BCUT2D eigenvalue weighted by Gasteiger charge is -2.42. The van der Waals surface area contributed by atoms with Gasteiger partial charge in [0.1, 0.15) is 17.9 Å². The highest BCUT2D eigenvalue weighted by Gasteiger charge is 2.53. The number of allylic oxidation sites excluding steroid dienone is 6. The Hall–Kier alpha value is -3.90. The molecule has 0 radical (unpaired) electrons. The number of likely N-dealkylation sites (N-methyl/N-ethyl adjacent to an activating group) is 1. The van der Waals surface area contributed by atoms with Crippen LogP contribution in [0.1, 0.15) is 126 Å². The maximum Gasteiger partial charge on any atom is 0.329 e. The van der Waals surface area contributed by atoms with E-state index in [9.17, 15) is 39.0 Å². The molecular formula is C55H86N2O14. The van der Waals surface area contributed by atoms with Gasteiger partial charge in [-0.15, -0.1) is 0 Å². The zero-order valence-corrected chi connectivity index (χ0v) is 44.6. The Morgan fingerprint density at radius 3 is 2.25 bits per heavy atom. The normalized spacial score (nSPS) is 37.3. The van der Waals surface area contributed by atoms with Crippen LogP contribution >= 0.6 is 0 Å². The van der Waals surface area contributed by atoms with Gasteiger partial charge in [0.05, 0.1) is 31.0 Å². The number of piperidine rings is 1. The minimum absolute atomic E-state index is 0.0246. The summed E-state index contributed by atoms with van der Waals surface area (Å²) in [4.78, 5) is 87.9. The number of amides is 1. The van der Waals surface area contributed by atoms with E-state index in [2.05, 4.69) is 0 Å². The number of carbonyl (C=O) groups is 6. The van der Waals surface area contributed by atoms with Crippen molar-refractivity contribution in [2.45, 2.75) is 180 Å². The monoisotopic (exact) mass is 999 g/mol. The number of carbonyl (C=O) groups excluding carboxylic acids is 6. The number of aliphatic hydroxyl groups is 2. The van der Waals surface area contributed by atoms with E-state index in [1.54, 1.807) is 60.1 Å². The van der Waals surface area contributed by atoms with Gasteiger partial charge in [-0.3, -0.25) is 28.9 Å². The topological polar surface area (TPSA) is 205 Å². The molecule has 15 unspecified atom stereocenters. The van der Waals surface area contributed by atoms with Crippen LogP contribution in [0.5, 0.6) is 0 Å². The van der Waals surface area contributed by atoms with Crippen molar-refractivity contribution in [2.24, 2.45) is 35.5 Å². The summed E-state index contributed by atoms with van der Waals surface area (Å²) >= 11 is 0. The van der Waals surface area contributed by atoms with Crippen molar-refractivity contribution in [1.82, 2.24) is 9.80 Å². The van der Waals surface area contributed by atoms with Crippen LogP contribution in [0, 0.1) is 35.5 Å². The summed E-state index contributed by atoms with van der Waals surface area (Å²) < 4.78 is 35.8. The van der Waals surface area contributed by atoms with E-state index in [-0.39, 0.29) is 61.4 Å². The molecule has 16 nitrogen and oxygen atoms in total. The second kappa shape index (κ2) is 28.0. The number of hydrogen-bond acceptors (Lipinski definition) is 15. The summed E-state index contributed by atoms with van der Waals surface area (Å²) in [7, 11) is 7.98. The predicted octanol–water partition coefficient (Wildman–Crippen LogP) is 6.29. The molecule has 15 atom stereocenters. The number of rotatable bonds is 9. The number of nitrogens with zero attached hydrogens (tertiary/aromatic N) is 2. The molecule has 71 heavy (non-hydrogen) atoms. The van der Waals surface area contributed by atoms with Crippen molar-refractivity contribution in [2.75, 3.05) is 48.5 Å². The molecule has 0 aromatic carbocycles. The molecule has 3 aliphatic heterocycles. The van der Waals surface area contributed by atoms with Gasteiger partial charge in [0, 0.05) is 58.5 Å². The molecule has 1 aliphatic carbocycles. The van der Waals surface area contributed by atoms with Crippen LogP contribution in [0.4, 0.5) is 0 Å². The van der Waals surface area contributed by atoms with Gasteiger partial charge in [0.2, 0.25) is 5.79 Å². The SMILES string of the molecule is COC1CC2CCC(C)C(O)(O2)C(=O)C(=O)N2CCCCC2C(=O)OC(C(C)CC2CCC(O)C(OC)C2)CC(=O)C(C)C=C(C)C(OC(=O)CN(C)C)C(OC)C(=O)C(C)CC(C)\C=C/C=C\C=C/1C. The van der Waals surface area contributed by atoms with E-state index in [1.165, 1.54) is 12.0 Å². The molecule has 2 bridgehead atoms. The van der Waals surface area contributed by atoms with Crippen LogP contribution < -0.4 is 0 Å². The molecule has 1 amide bonds. The Morgan fingerprint density at radius 2 is 1.59 bits per heavy atom. The van der Waals surface area contributed by atoms with Crippen LogP contribution in [0.3, 0.4) is 0 Å². The zero-order chi connectivity index (χ0) is 52.7. The smallest absolute Gasteiger partial charge is 0.329 e. The van der Waals surface area contributed by atoms with Crippen LogP contribution in [0.25, 0.3) is 0 Å². The summed E-state index contributed by atoms with van der Waals surface area (Å²) in [6.07, 6.45) is 11.0. The number of esters is 2. The molecule has 0 spiro atoms. The van der Waals surface area contributed by atoms with E-state index in [0.29, 0.717) is 69.8 Å². The minimum Gasteiger partial charge on any atom is -0.460 e. The molecule has 0 aromatic rings. The van der Waals surface area contributed by atoms with Gasteiger partial charge in [0.25, 0.3) is 11.7 Å². The molecule has 400 valence electrons. The van der Waals surface area contributed by atoms with Crippen LogP contribution in [0.15, 0.2) is 47.6 Å². The van der Waals surface area contributed by atoms with Gasteiger partial charge in [-0.05, 0) is 121 Å². The van der Waals surface area contributed by atoms with Crippen molar-refractivity contribution in [3.63, 3.8) is 0 Å². The van der Waals surface area contributed by atoms with Crippen molar-refractivity contribution >= 4 is 35.2 Å². The van der Waals surface area contributed by atoms with Gasteiger partial charge in [0.15, 0.2) is 18.0 Å².